The summed E-state index contributed by atoms with van der Waals surface area (Å²) in [7, 11) is -3.57. The van der Waals surface area contributed by atoms with Crippen LogP contribution in [0.4, 0.5) is 0 Å². The zero-order chi connectivity index (χ0) is 15.6. The van der Waals surface area contributed by atoms with Gasteiger partial charge in [0.05, 0.1) is 6.26 Å². The Kier molecular flexibility index (Phi) is 4.33. The first kappa shape index (κ1) is 15.3. The van der Waals surface area contributed by atoms with Crippen molar-refractivity contribution in [2.75, 3.05) is 13.1 Å². The molecule has 1 saturated heterocycles. The molecule has 0 bridgehead atoms. The summed E-state index contributed by atoms with van der Waals surface area (Å²) in [5.74, 6) is 0.258. The molecule has 1 N–H and O–H groups in total. The first-order chi connectivity index (χ1) is 10.5. The summed E-state index contributed by atoms with van der Waals surface area (Å²) in [5.41, 5.74) is 1.24. The number of hydrogen-bond acceptors (Lipinski definition) is 4. The van der Waals surface area contributed by atoms with Crippen LogP contribution in [-0.2, 0) is 16.6 Å². The molecule has 3 rings (SSSR count). The van der Waals surface area contributed by atoms with Crippen LogP contribution in [0.15, 0.2) is 58.2 Å². The Labute approximate surface area is 131 Å². The molecule has 0 saturated carbocycles. The lowest BCUT2D eigenvalue weighted by atomic mass is 10.1. The van der Waals surface area contributed by atoms with E-state index in [9.17, 15) is 8.42 Å². The lowest BCUT2D eigenvalue weighted by Gasteiger charge is -2.16. The second kappa shape index (κ2) is 6.24. The quantitative estimate of drug-likeness (QED) is 0.916. The van der Waals surface area contributed by atoms with Crippen LogP contribution in [0.2, 0.25) is 0 Å². The Morgan fingerprint density at radius 1 is 1.18 bits per heavy atom. The van der Waals surface area contributed by atoms with Crippen LogP contribution in [0.25, 0.3) is 0 Å². The van der Waals surface area contributed by atoms with Crippen LogP contribution in [0.1, 0.15) is 12.5 Å². The third-order valence-electron chi connectivity index (χ3n) is 4.00. The van der Waals surface area contributed by atoms with Crippen LogP contribution in [0.3, 0.4) is 0 Å². The van der Waals surface area contributed by atoms with E-state index in [1.807, 2.05) is 18.2 Å². The number of benzene rings is 1. The van der Waals surface area contributed by atoms with E-state index < -0.39 is 10.0 Å². The van der Waals surface area contributed by atoms with Crippen molar-refractivity contribution in [2.45, 2.75) is 24.6 Å². The molecule has 1 fully saturated rings. The van der Waals surface area contributed by atoms with Crippen LogP contribution < -0.4 is 4.72 Å². The molecule has 1 aliphatic heterocycles. The summed E-state index contributed by atoms with van der Waals surface area (Å²) >= 11 is 0. The van der Waals surface area contributed by atoms with Gasteiger partial charge in [-0.05, 0) is 23.6 Å². The van der Waals surface area contributed by atoms with Crippen molar-refractivity contribution < 1.29 is 12.8 Å². The fourth-order valence-corrected chi connectivity index (χ4v) is 4.13. The van der Waals surface area contributed by atoms with Crippen molar-refractivity contribution in [3.8, 4) is 0 Å². The number of sulfonamides is 1. The highest BCUT2D eigenvalue weighted by Gasteiger charge is 2.33. The Morgan fingerprint density at radius 2 is 1.95 bits per heavy atom. The minimum atomic E-state index is -3.57. The summed E-state index contributed by atoms with van der Waals surface area (Å²) in [6.07, 6.45) is 1.37. The molecule has 2 atom stereocenters. The van der Waals surface area contributed by atoms with Gasteiger partial charge in [-0.3, -0.25) is 4.90 Å². The number of likely N-dealkylation sites (tertiary alicyclic amines) is 1. The van der Waals surface area contributed by atoms with E-state index >= 15 is 0 Å². The van der Waals surface area contributed by atoms with Crippen molar-refractivity contribution in [1.82, 2.24) is 9.62 Å². The molecule has 118 valence electrons. The Bertz CT molecular complexity index is 698. The van der Waals surface area contributed by atoms with E-state index in [1.165, 1.54) is 17.9 Å². The average Bonchev–Trinajstić information content (AvgIpc) is 3.11. The molecule has 0 aliphatic carbocycles. The molecule has 5 nitrogen and oxygen atoms in total. The lowest BCUT2D eigenvalue weighted by molar-refractivity contribution is 0.318. The van der Waals surface area contributed by atoms with Crippen LogP contribution in [0, 0.1) is 5.92 Å². The van der Waals surface area contributed by atoms with E-state index in [0.717, 1.165) is 13.1 Å². The zero-order valence-corrected chi connectivity index (χ0v) is 13.3. The van der Waals surface area contributed by atoms with E-state index in [2.05, 4.69) is 28.7 Å². The van der Waals surface area contributed by atoms with Gasteiger partial charge >= 0.3 is 0 Å². The molecular formula is C16H20N2O3S. The SMILES string of the molecule is C[C@H]1CN(Cc2ccccc2)C[C@@H]1NS(=O)(=O)c1ccco1. The van der Waals surface area contributed by atoms with Crippen molar-refractivity contribution in [2.24, 2.45) is 5.92 Å². The topological polar surface area (TPSA) is 62.6 Å². The fourth-order valence-electron chi connectivity index (χ4n) is 2.87. The van der Waals surface area contributed by atoms with Crippen molar-refractivity contribution >= 4 is 10.0 Å². The molecule has 0 radical (unpaired) electrons. The van der Waals surface area contributed by atoms with Gasteiger partial charge in [-0.1, -0.05) is 37.3 Å². The van der Waals surface area contributed by atoms with Gasteiger partial charge < -0.3 is 4.42 Å². The second-order valence-corrected chi connectivity index (χ2v) is 7.46. The zero-order valence-electron chi connectivity index (χ0n) is 12.5. The summed E-state index contributed by atoms with van der Waals surface area (Å²) < 4.78 is 32.2. The normalized spacial score (nSPS) is 23.0. The van der Waals surface area contributed by atoms with Gasteiger partial charge in [0.1, 0.15) is 0 Å². The highest BCUT2D eigenvalue weighted by atomic mass is 32.2. The third-order valence-corrected chi connectivity index (χ3v) is 5.38. The van der Waals surface area contributed by atoms with Gasteiger partial charge in [-0.15, -0.1) is 0 Å². The number of rotatable bonds is 5. The predicted octanol–water partition coefficient (Wildman–Crippen LogP) is 2.08. The molecule has 2 heterocycles. The first-order valence-electron chi connectivity index (χ1n) is 7.37. The summed E-state index contributed by atoms with van der Waals surface area (Å²) in [4.78, 5) is 2.27. The number of furan rings is 1. The van der Waals surface area contributed by atoms with Crippen molar-refractivity contribution in [3.63, 3.8) is 0 Å². The molecule has 6 heteroatoms. The summed E-state index contributed by atoms with van der Waals surface area (Å²) in [6, 6.07) is 13.2. The largest absolute Gasteiger partial charge is 0.452 e. The van der Waals surface area contributed by atoms with Gasteiger partial charge in [0.2, 0.25) is 5.09 Å². The van der Waals surface area contributed by atoms with E-state index in [0.29, 0.717) is 6.54 Å². The Balaban J connectivity index is 1.64. The second-order valence-electron chi connectivity index (χ2n) is 5.82. The number of nitrogens with zero attached hydrogens (tertiary/aromatic N) is 1. The van der Waals surface area contributed by atoms with Crippen LogP contribution >= 0.6 is 0 Å². The molecular weight excluding hydrogens is 300 g/mol. The molecule has 0 spiro atoms. The fraction of sp³-hybridized carbons (Fsp3) is 0.375. The van der Waals surface area contributed by atoms with E-state index in [1.54, 1.807) is 6.07 Å². The van der Waals surface area contributed by atoms with Gasteiger partial charge in [0.25, 0.3) is 10.0 Å². The molecule has 22 heavy (non-hydrogen) atoms. The predicted molar refractivity (Wildman–Crippen MR) is 83.7 cm³/mol. The number of nitrogens with one attached hydrogen (secondary N) is 1. The number of hydrogen-bond donors (Lipinski definition) is 1. The maximum Gasteiger partial charge on any atom is 0.274 e. The van der Waals surface area contributed by atoms with Gasteiger partial charge in [0, 0.05) is 25.7 Å². The lowest BCUT2D eigenvalue weighted by Crippen LogP contribution is -2.39. The minimum absolute atomic E-state index is 0.0267. The summed E-state index contributed by atoms with van der Waals surface area (Å²) in [5, 5.41) is -0.0267. The molecule has 0 unspecified atom stereocenters. The Morgan fingerprint density at radius 3 is 2.64 bits per heavy atom. The van der Waals surface area contributed by atoms with Crippen molar-refractivity contribution in [3.05, 3.63) is 54.3 Å². The highest BCUT2D eigenvalue weighted by Crippen LogP contribution is 2.21. The maximum atomic E-state index is 12.2. The average molecular weight is 320 g/mol. The molecule has 0 amide bonds. The van der Waals surface area contributed by atoms with Crippen molar-refractivity contribution in [1.29, 1.82) is 0 Å². The monoisotopic (exact) mass is 320 g/mol. The van der Waals surface area contributed by atoms with Crippen LogP contribution in [-0.4, -0.2) is 32.4 Å². The Hall–Kier alpha value is -1.63. The minimum Gasteiger partial charge on any atom is -0.452 e. The summed E-state index contributed by atoms with van der Waals surface area (Å²) in [6.45, 7) is 4.49. The third kappa shape index (κ3) is 3.40. The maximum absolute atomic E-state index is 12.2. The molecule has 1 aromatic heterocycles. The van der Waals surface area contributed by atoms with E-state index in [4.69, 9.17) is 4.42 Å². The standard InChI is InChI=1S/C16H20N2O3S/c1-13-10-18(11-14-6-3-2-4-7-14)12-15(13)17-22(19,20)16-8-5-9-21-16/h2-9,13,15,17H,10-12H2,1H3/t13-,15-/m0/s1. The molecule has 2 aromatic rings. The first-order valence-corrected chi connectivity index (χ1v) is 8.85. The van der Waals surface area contributed by atoms with Gasteiger partial charge in [0.15, 0.2) is 0 Å². The van der Waals surface area contributed by atoms with Gasteiger partial charge in [-0.25, -0.2) is 13.1 Å². The van der Waals surface area contributed by atoms with E-state index in [-0.39, 0.29) is 17.1 Å². The van der Waals surface area contributed by atoms with Gasteiger partial charge in [-0.2, -0.15) is 0 Å². The molecule has 1 aromatic carbocycles. The molecule has 1 aliphatic rings. The smallest absolute Gasteiger partial charge is 0.274 e. The van der Waals surface area contributed by atoms with Crippen LogP contribution in [0.5, 0.6) is 0 Å². The highest BCUT2D eigenvalue weighted by molar-refractivity contribution is 7.89.